The van der Waals surface area contributed by atoms with Crippen molar-refractivity contribution in [2.45, 2.75) is 6.42 Å². The highest BCUT2D eigenvalue weighted by molar-refractivity contribution is 6.13. The molecular formula is C26H20N2O4. The zero-order valence-electron chi connectivity index (χ0n) is 17.2. The quantitative estimate of drug-likeness (QED) is 0.355. The lowest BCUT2D eigenvalue weighted by Gasteiger charge is -2.11. The van der Waals surface area contributed by atoms with E-state index >= 15 is 0 Å². The second-order valence-electron chi connectivity index (χ2n) is 7.12. The van der Waals surface area contributed by atoms with E-state index in [0.29, 0.717) is 16.8 Å². The highest BCUT2D eigenvalue weighted by Crippen LogP contribution is 2.20. The van der Waals surface area contributed by atoms with Crippen LogP contribution in [0.5, 0.6) is 0 Å². The van der Waals surface area contributed by atoms with Crippen LogP contribution in [-0.2, 0) is 20.7 Å². The summed E-state index contributed by atoms with van der Waals surface area (Å²) in [6.45, 7) is -0.453. The van der Waals surface area contributed by atoms with E-state index in [4.69, 9.17) is 4.74 Å². The Hall–Kier alpha value is -4.32. The van der Waals surface area contributed by atoms with Gasteiger partial charge in [-0.15, -0.1) is 0 Å². The number of amides is 1. The Morgan fingerprint density at radius 3 is 2.41 bits per heavy atom. The van der Waals surface area contributed by atoms with E-state index in [2.05, 4.69) is 10.3 Å². The van der Waals surface area contributed by atoms with Gasteiger partial charge in [-0.25, -0.2) is 0 Å². The van der Waals surface area contributed by atoms with Crippen LogP contribution < -0.4 is 5.32 Å². The van der Waals surface area contributed by atoms with E-state index in [0.717, 1.165) is 16.5 Å². The summed E-state index contributed by atoms with van der Waals surface area (Å²) in [5.74, 6) is -1.27. The zero-order valence-corrected chi connectivity index (χ0v) is 17.2. The third-order valence-corrected chi connectivity index (χ3v) is 4.90. The summed E-state index contributed by atoms with van der Waals surface area (Å²) >= 11 is 0. The summed E-state index contributed by atoms with van der Waals surface area (Å²) in [4.78, 5) is 41.8. The molecule has 0 unspecified atom stereocenters. The molecule has 3 aromatic carbocycles. The Morgan fingerprint density at radius 2 is 1.56 bits per heavy atom. The summed E-state index contributed by atoms with van der Waals surface area (Å²) in [6, 6.07) is 24.8. The van der Waals surface area contributed by atoms with Crippen LogP contribution in [0.3, 0.4) is 0 Å². The average molecular weight is 424 g/mol. The standard InChI is InChI=1S/C26H20N2O4/c29-23(17-32-24(30)16-20-11-6-10-18-12-7-15-27-25(18)20)28-22-14-5-4-13-21(22)26(31)19-8-2-1-3-9-19/h1-15H,16-17H2,(H,28,29). The first-order valence-corrected chi connectivity index (χ1v) is 10.1. The summed E-state index contributed by atoms with van der Waals surface area (Å²) in [6.07, 6.45) is 1.67. The van der Waals surface area contributed by atoms with Gasteiger partial charge in [-0.2, -0.15) is 0 Å². The van der Waals surface area contributed by atoms with Crippen LogP contribution in [0.1, 0.15) is 21.5 Å². The van der Waals surface area contributed by atoms with Crippen molar-refractivity contribution in [1.82, 2.24) is 4.98 Å². The fourth-order valence-corrected chi connectivity index (χ4v) is 3.38. The fourth-order valence-electron chi connectivity index (χ4n) is 3.38. The van der Waals surface area contributed by atoms with Gasteiger partial charge in [0.2, 0.25) is 0 Å². The molecule has 0 saturated heterocycles. The summed E-state index contributed by atoms with van der Waals surface area (Å²) in [7, 11) is 0. The number of anilines is 1. The Bertz CT molecular complexity index is 1280. The highest BCUT2D eigenvalue weighted by atomic mass is 16.5. The van der Waals surface area contributed by atoms with E-state index in [-0.39, 0.29) is 12.2 Å². The third kappa shape index (κ3) is 4.87. The summed E-state index contributed by atoms with van der Waals surface area (Å²) in [5, 5.41) is 3.59. The minimum absolute atomic E-state index is 0.00468. The molecule has 1 amide bonds. The van der Waals surface area contributed by atoms with Crippen molar-refractivity contribution in [1.29, 1.82) is 0 Å². The molecule has 0 spiro atoms. The number of nitrogens with zero attached hydrogens (tertiary/aromatic N) is 1. The van der Waals surface area contributed by atoms with E-state index in [1.54, 1.807) is 54.7 Å². The lowest BCUT2D eigenvalue weighted by atomic mass is 10.0. The van der Waals surface area contributed by atoms with Crippen molar-refractivity contribution in [3.63, 3.8) is 0 Å². The number of pyridine rings is 1. The molecule has 0 aliphatic heterocycles. The number of ether oxygens (including phenoxy) is 1. The van der Waals surface area contributed by atoms with Crippen LogP contribution >= 0.6 is 0 Å². The topological polar surface area (TPSA) is 85.4 Å². The first-order chi connectivity index (χ1) is 15.6. The number of ketones is 1. The lowest BCUT2D eigenvalue weighted by molar-refractivity contribution is -0.146. The molecule has 0 aliphatic carbocycles. The predicted octanol–water partition coefficient (Wildman–Crippen LogP) is 4.19. The molecule has 0 radical (unpaired) electrons. The van der Waals surface area contributed by atoms with Gasteiger partial charge in [0.25, 0.3) is 5.91 Å². The molecule has 4 rings (SSSR count). The number of esters is 1. The van der Waals surface area contributed by atoms with Crippen molar-refractivity contribution in [2.24, 2.45) is 0 Å². The number of hydrogen-bond donors (Lipinski definition) is 1. The van der Waals surface area contributed by atoms with Crippen molar-refractivity contribution >= 4 is 34.3 Å². The maximum absolute atomic E-state index is 12.8. The van der Waals surface area contributed by atoms with Crippen LogP contribution in [0.15, 0.2) is 91.1 Å². The largest absolute Gasteiger partial charge is 0.455 e. The van der Waals surface area contributed by atoms with Crippen LogP contribution in [0.2, 0.25) is 0 Å². The second-order valence-corrected chi connectivity index (χ2v) is 7.12. The molecule has 0 aliphatic rings. The lowest BCUT2D eigenvalue weighted by Crippen LogP contribution is -2.22. The van der Waals surface area contributed by atoms with Gasteiger partial charge in [-0.05, 0) is 23.8 Å². The van der Waals surface area contributed by atoms with Gasteiger partial charge >= 0.3 is 5.97 Å². The van der Waals surface area contributed by atoms with Crippen LogP contribution in [0, 0.1) is 0 Å². The minimum Gasteiger partial charge on any atom is -0.455 e. The van der Waals surface area contributed by atoms with Gasteiger partial charge in [-0.1, -0.05) is 66.7 Å². The molecule has 0 bridgehead atoms. The summed E-state index contributed by atoms with van der Waals surface area (Å²) < 4.78 is 5.15. The Morgan fingerprint density at radius 1 is 0.812 bits per heavy atom. The smallest absolute Gasteiger partial charge is 0.310 e. The molecule has 1 N–H and O–H groups in total. The van der Waals surface area contributed by atoms with Crippen molar-refractivity contribution < 1.29 is 19.1 Å². The maximum Gasteiger partial charge on any atom is 0.310 e. The normalized spacial score (nSPS) is 10.5. The average Bonchev–Trinajstić information content (AvgIpc) is 2.83. The molecule has 0 saturated carbocycles. The number of rotatable bonds is 7. The van der Waals surface area contributed by atoms with Gasteiger partial charge in [-0.3, -0.25) is 19.4 Å². The van der Waals surface area contributed by atoms with Crippen molar-refractivity contribution in [2.75, 3.05) is 11.9 Å². The Kier molecular flexibility index (Phi) is 6.32. The van der Waals surface area contributed by atoms with Crippen LogP contribution in [0.4, 0.5) is 5.69 Å². The second kappa shape index (κ2) is 9.66. The number of hydrogen-bond acceptors (Lipinski definition) is 5. The van der Waals surface area contributed by atoms with Crippen molar-refractivity contribution in [3.8, 4) is 0 Å². The number of aromatic nitrogens is 1. The molecule has 158 valence electrons. The van der Waals surface area contributed by atoms with Crippen molar-refractivity contribution in [3.05, 3.63) is 108 Å². The molecular weight excluding hydrogens is 404 g/mol. The predicted molar refractivity (Wildman–Crippen MR) is 121 cm³/mol. The minimum atomic E-state index is -0.535. The first kappa shape index (κ1) is 20.9. The fraction of sp³-hybridized carbons (Fsp3) is 0.0769. The van der Waals surface area contributed by atoms with Gasteiger partial charge < -0.3 is 10.1 Å². The number of carbonyl (C=O) groups is 3. The molecule has 1 aromatic heterocycles. The number of carbonyl (C=O) groups excluding carboxylic acids is 3. The maximum atomic E-state index is 12.8. The first-order valence-electron chi connectivity index (χ1n) is 10.1. The monoisotopic (exact) mass is 424 g/mol. The highest BCUT2D eigenvalue weighted by Gasteiger charge is 2.16. The van der Waals surface area contributed by atoms with Gasteiger partial charge in [0.1, 0.15) is 0 Å². The number of para-hydroxylation sites is 2. The van der Waals surface area contributed by atoms with E-state index < -0.39 is 18.5 Å². The number of nitrogens with one attached hydrogen (secondary N) is 1. The van der Waals surface area contributed by atoms with Crippen LogP contribution in [0.25, 0.3) is 10.9 Å². The molecule has 4 aromatic rings. The number of fused-ring (bicyclic) bond motifs is 1. The van der Waals surface area contributed by atoms with Crippen LogP contribution in [-0.4, -0.2) is 29.3 Å². The molecule has 32 heavy (non-hydrogen) atoms. The zero-order chi connectivity index (χ0) is 22.3. The van der Waals surface area contributed by atoms with Gasteiger partial charge in [0.15, 0.2) is 12.4 Å². The SMILES string of the molecule is O=C(COC(=O)Cc1cccc2cccnc12)Nc1ccccc1C(=O)c1ccccc1. The summed E-state index contributed by atoms with van der Waals surface area (Å²) in [5.41, 5.74) is 2.70. The molecule has 0 atom stereocenters. The molecule has 6 nitrogen and oxygen atoms in total. The van der Waals surface area contributed by atoms with Gasteiger partial charge in [0.05, 0.1) is 17.6 Å². The van der Waals surface area contributed by atoms with E-state index in [1.165, 1.54) is 0 Å². The van der Waals surface area contributed by atoms with E-state index in [9.17, 15) is 14.4 Å². The van der Waals surface area contributed by atoms with Gasteiger partial charge in [0, 0.05) is 22.7 Å². The third-order valence-electron chi connectivity index (χ3n) is 4.90. The molecule has 6 heteroatoms. The molecule has 0 fully saturated rings. The molecule has 1 heterocycles. The Balaban J connectivity index is 1.38. The van der Waals surface area contributed by atoms with E-state index in [1.807, 2.05) is 36.4 Å². The Labute approximate surface area is 184 Å². The number of benzene rings is 3.